The van der Waals surface area contributed by atoms with E-state index in [2.05, 4.69) is 4.98 Å². The Labute approximate surface area is 120 Å². The van der Waals surface area contributed by atoms with Crippen molar-refractivity contribution in [1.82, 2.24) is 4.98 Å². The quantitative estimate of drug-likeness (QED) is 0.525. The molecule has 0 fully saturated rings. The van der Waals surface area contributed by atoms with Crippen molar-refractivity contribution < 1.29 is 14.5 Å². The van der Waals surface area contributed by atoms with Gasteiger partial charge in [-0.3, -0.25) is 10.1 Å². The lowest BCUT2D eigenvalue weighted by Gasteiger charge is -2.06. The van der Waals surface area contributed by atoms with Crippen LogP contribution in [0.15, 0.2) is 36.5 Å². The molecule has 108 valence electrons. The van der Waals surface area contributed by atoms with Gasteiger partial charge in [-0.2, -0.15) is 0 Å². The minimum Gasteiger partial charge on any atom is -0.462 e. The Balaban J connectivity index is 2.43. The molecule has 0 aliphatic rings. The fourth-order valence-corrected chi connectivity index (χ4v) is 1.81. The van der Waals surface area contributed by atoms with Crippen molar-refractivity contribution in [3.63, 3.8) is 0 Å². The number of esters is 1. The lowest BCUT2D eigenvalue weighted by Crippen LogP contribution is -2.04. The summed E-state index contributed by atoms with van der Waals surface area (Å²) in [6.45, 7) is 1.99. The number of hydrogen-bond acceptors (Lipinski definition) is 6. The largest absolute Gasteiger partial charge is 0.462 e. The zero-order valence-corrected chi connectivity index (χ0v) is 11.3. The van der Waals surface area contributed by atoms with E-state index < -0.39 is 10.9 Å². The van der Waals surface area contributed by atoms with Crippen LogP contribution in [-0.4, -0.2) is 22.5 Å². The first kappa shape index (κ1) is 14.4. The number of nitrogens with zero attached hydrogens (tertiary/aromatic N) is 2. The summed E-state index contributed by atoms with van der Waals surface area (Å²) in [7, 11) is 0. The molecule has 21 heavy (non-hydrogen) atoms. The Morgan fingerprint density at radius 1 is 1.38 bits per heavy atom. The van der Waals surface area contributed by atoms with Gasteiger partial charge in [-0.1, -0.05) is 12.1 Å². The number of carbonyl (C=O) groups is 1. The SMILES string of the molecule is CCOC(=O)c1cccc(-c2cnc(N)c([N+](=O)[O-])c2)c1. The maximum absolute atomic E-state index is 11.7. The highest BCUT2D eigenvalue weighted by Crippen LogP contribution is 2.27. The van der Waals surface area contributed by atoms with Crippen LogP contribution in [0.3, 0.4) is 0 Å². The molecule has 1 aromatic carbocycles. The van der Waals surface area contributed by atoms with E-state index in [9.17, 15) is 14.9 Å². The molecule has 0 aliphatic carbocycles. The molecular weight excluding hydrogens is 274 g/mol. The van der Waals surface area contributed by atoms with Crippen molar-refractivity contribution in [2.24, 2.45) is 0 Å². The lowest BCUT2D eigenvalue weighted by atomic mass is 10.0. The van der Waals surface area contributed by atoms with E-state index in [0.717, 1.165) is 0 Å². The van der Waals surface area contributed by atoms with E-state index in [4.69, 9.17) is 10.5 Å². The zero-order chi connectivity index (χ0) is 15.4. The Morgan fingerprint density at radius 2 is 2.14 bits per heavy atom. The molecule has 7 nitrogen and oxygen atoms in total. The average Bonchev–Trinajstić information content (AvgIpc) is 2.48. The molecule has 0 atom stereocenters. The highest BCUT2D eigenvalue weighted by molar-refractivity contribution is 5.91. The number of nitrogen functional groups attached to an aromatic ring is 1. The topological polar surface area (TPSA) is 108 Å². The lowest BCUT2D eigenvalue weighted by molar-refractivity contribution is -0.384. The molecule has 2 aromatic rings. The van der Waals surface area contributed by atoms with Crippen LogP contribution >= 0.6 is 0 Å². The number of hydrogen-bond donors (Lipinski definition) is 1. The second-order valence-electron chi connectivity index (χ2n) is 4.19. The second-order valence-corrected chi connectivity index (χ2v) is 4.19. The number of pyridine rings is 1. The summed E-state index contributed by atoms with van der Waals surface area (Å²) in [4.78, 5) is 25.8. The summed E-state index contributed by atoms with van der Waals surface area (Å²) in [6.07, 6.45) is 1.42. The van der Waals surface area contributed by atoms with Crippen molar-refractivity contribution >= 4 is 17.5 Å². The Hall–Kier alpha value is -2.96. The maximum Gasteiger partial charge on any atom is 0.338 e. The Bertz CT molecular complexity index is 700. The van der Waals surface area contributed by atoms with Crippen LogP contribution in [0.5, 0.6) is 0 Å². The first-order valence-electron chi connectivity index (χ1n) is 6.20. The van der Waals surface area contributed by atoms with Crippen molar-refractivity contribution in [3.8, 4) is 11.1 Å². The van der Waals surface area contributed by atoms with E-state index in [0.29, 0.717) is 16.7 Å². The average molecular weight is 287 g/mol. The highest BCUT2D eigenvalue weighted by Gasteiger charge is 2.15. The van der Waals surface area contributed by atoms with Crippen LogP contribution in [0.4, 0.5) is 11.5 Å². The summed E-state index contributed by atoms with van der Waals surface area (Å²) in [5, 5.41) is 10.9. The molecule has 0 unspecified atom stereocenters. The predicted octanol–water partition coefficient (Wildman–Crippen LogP) is 2.42. The highest BCUT2D eigenvalue weighted by atomic mass is 16.6. The molecule has 0 radical (unpaired) electrons. The molecule has 1 heterocycles. The number of ether oxygens (including phenoxy) is 1. The molecule has 0 amide bonds. The van der Waals surface area contributed by atoms with Gasteiger partial charge >= 0.3 is 11.7 Å². The number of nitrogens with two attached hydrogens (primary N) is 1. The monoisotopic (exact) mass is 287 g/mol. The third-order valence-corrected chi connectivity index (χ3v) is 2.80. The van der Waals surface area contributed by atoms with Crippen LogP contribution in [0.2, 0.25) is 0 Å². The summed E-state index contributed by atoms with van der Waals surface area (Å²) in [5.41, 5.74) is 6.68. The van der Waals surface area contributed by atoms with E-state index in [-0.39, 0.29) is 18.1 Å². The Morgan fingerprint density at radius 3 is 2.81 bits per heavy atom. The van der Waals surface area contributed by atoms with Crippen LogP contribution in [0.25, 0.3) is 11.1 Å². The van der Waals surface area contributed by atoms with Gasteiger partial charge in [0.2, 0.25) is 5.82 Å². The molecule has 2 rings (SSSR count). The van der Waals surface area contributed by atoms with Gasteiger partial charge in [0.05, 0.1) is 17.1 Å². The summed E-state index contributed by atoms with van der Waals surface area (Å²) in [5.74, 6) is -0.595. The minimum atomic E-state index is -0.596. The van der Waals surface area contributed by atoms with Gasteiger partial charge in [-0.15, -0.1) is 0 Å². The van der Waals surface area contributed by atoms with Gasteiger partial charge in [0, 0.05) is 17.8 Å². The Kier molecular flexibility index (Phi) is 4.13. The second kappa shape index (κ2) is 6.00. The van der Waals surface area contributed by atoms with Crippen molar-refractivity contribution in [3.05, 3.63) is 52.2 Å². The fraction of sp³-hybridized carbons (Fsp3) is 0.143. The van der Waals surface area contributed by atoms with Crippen molar-refractivity contribution in [1.29, 1.82) is 0 Å². The number of nitro groups is 1. The smallest absolute Gasteiger partial charge is 0.338 e. The van der Waals surface area contributed by atoms with Crippen LogP contribution in [-0.2, 0) is 4.74 Å². The molecule has 0 bridgehead atoms. The van der Waals surface area contributed by atoms with E-state index in [1.165, 1.54) is 12.3 Å². The van der Waals surface area contributed by atoms with Gasteiger partial charge in [0.1, 0.15) is 0 Å². The molecule has 0 aliphatic heterocycles. The number of aromatic nitrogens is 1. The first-order valence-corrected chi connectivity index (χ1v) is 6.20. The first-order chi connectivity index (χ1) is 10.0. The third kappa shape index (κ3) is 3.14. The van der Waals surface area contributed by atoms with Crippen LogP contribution in [0, 0.1) is 10.1 Å². The van der Waals surface area contributed by atoms with E-state index in [1.807, 2.05) is 0 Å². The minimum absolute atomic E-state index is 0.148. The van der Waals surface area contributed by atoms with E-state index in [1.54, 1.807) is 31.2 Å². The standard InChI is InChI=1S/C14H13N3O4/c1-2-21-14(18)10-5-3-4-9(6-10)11-7-12(17(19)20)13(15)16-8-11/h3-8H,2H2,1H3,(H2,15,16). The van der Waals surface area contributed by atoms with Gasteiger partial charge in [0.25, 0.3) is 0 Å². The van der Waals surface area contributed by atoms with Gasteiger partial charge in [-0.05, 0) is 24.6 Å². The number of rotatable bonds is 4. The maximum atomic E-state index is 11.7. The molecule has 0 saturated heterocycles. The molecule has 2 N–H and O–H groups in total. The summed E-state index contributed by atoms with van der Waals surface area (Å²) >= 11 is 0. The molecule has 7 heteroatoms. The van der Waals surface area contributed by atoms with Gasteiger partial charge in [-0.25, -0.2) is 9.78 Å². The van der Waals surface area contributed by atoms with Crippen molar-refractivity contribution in [2.45, 2.75) is 6.92 Å². The van der Waals surface area contributed by atoms with E-state index >= 15 is 0 Å². The molecule has 0 spiro atoms. The molecule has 1 aromatic heterocycles. The molecule has 0 saturated carbocycles. The van der Waals surface area contributed by atoms with Crippen molar-refractivity contribution in [2.75, 3.05) is 12.3 Å². The zero-order valence-electron chi connectivity index (χ0n) is 11.3. The predicted molar refractivity (Wildman–Crippen MR) is 76.7 cm³/mol. The summed E-state index contributed by atoms with van der Waals surface area (Å²) < 4.78 is 4.92. The van der Waals surface area contributed by atoms with Crippen LogP contribution in [0.1, 0.15) is 17.3 Å². The van der Waals surface area contributed by atoms with Crippen LogP contribution < -0.4 is 5.73 Å². The number of anilines is 1. The normalized spacial score (nSPS) is 10.1. The number of carbonyl (C=O) groups excluding carboxylic acids is 1. The van der Waals surface area contributed by atoms with Gasteiger partial charge in [0.15, 0.2) is 0 Å². The third-order valence-electron chi connectivity index (χ3n) is 2.80. The number of benzene rings is 1. The summed E-state index contributed by atoms with van der Waals surface area (Å²) in [6, 6.07) is 7.92. The fourth-order valence-electron chi connectivity index (χ4n) is 1.81. The molecular formula is C14H13N3O4. The van der Waals surface area contributed by atoms with Gasteiger partial charge < -0.3 is 10.5 Å².